The van der Waals surface area contributed by atoms with Gasteiger partial charge in [-0.15, -0.1) is 5.10 Å². The molecule has 7 nitrogen and oxygen atoms in total. The van der Waals surface area contributed by atoms with E-state index in [9.17, 15) is 0 Å². The van der Waals surface area contributed by atoms with Crippen LogP contribution in [0.3, 0.4) is 0 Å². The Bertz CT molecular complexity index is 859. The molecule has 0 bridgehead atoms. The molecule has 1 aromatic carbocycles. The molecule has 0 radical (unpaired) electrons. The fraction of sp³-hybridized carbons (Fsp3) is 0.250. The zero-order valence-corrected chi connectivity index (χ0v) is 15.2. The second-order valence-corrected chi connectivity index (χ2v) is 6.33. The molecule has 2 heterocycles. The van der Waals surface area contributed by atoms with Crippen molar-refractivity contribution < 1.29 is 4.74 Å². The molecule has 0 aliphatic rings. The van der Waals surface area contributed by atoms with Crippen LogP contribution in [0, 0.1) is 0 Å². The molecule has 0 N–H and O–H groups in total. The van der Waals surface area contributed by atoms with Crippen LogP contribution in [-0.2, 0) is 0 Å². The van der Waals surface area contributed by atoms with Gasteiger partial charge in [0, 0.05) is 24.8 Å². The number of hydrogen-bond acceptors (Lipinski definition) is 5. The Kier molecular flexibility index (Phi) is 4.75. The van der Waals surface area contributed by atoms with E-state index >= 15 is 0 Å². The van der Waals surface area contributed by atoms with Crippen molar-refractivity contribution in [2.24, 2.45) is 4.99 Å². The molecule has 0 aliphatic carbocycles. The molecule has 0 amide bonds. The van der Waals surface area contributed by atoms with Crippen molar-refractivity contribution >= 4 is 34.0 Å². The van der Waals surface area contributed by atoms with E-state index in [1.165, 1.54) is 0 Å². The minimum Gasteiger partial charge on any atom is -0.484 e. The lowest BCUT2D eigenvalue weighted by atomic mass is 10.2. The van der Waals surface area contributed by atoms with Crippen molar-refractivity contribution in [2.45, 2.75) is 13.0 Å². The molecular formula is C16H17BrN6O. The second kappa shape index (κ2) is 6.96. The monoisotopic (exact) mass is 388 g/mol. The van der Waals surface area contributed by atoms with Crippen LogP contribution in [0.4, 0.5) is 5.95 Å². The minimum absolute atomic E-state index is 0.218. The highest BCUT2D eigenvalue weighted by Crippen LogP contribution is 2.23. The Labute approximate surface area is 148 Å². The summed E-state index contributed by atoms with van der Waals surface area (Å²) in [4.78, 5) is 14.6. The van der Waals surface area contributed by atoms with Crippen molar-refractivity contribution in [3.8, 4) is 5.75 Å². The summed E-state index contributed by atoms with van der Waals surface area (Å²) < 4.78 is 8.65. The van der Waals surface area contributed by atoms with Gasteiger partial charge in [-0.3, -0.25) is 0 Å². The predicted molar refractivity (Wildman–Crippen MR) is 95.8 cm³/mol. The number of aromatic nitrogens is 4. The maximum atomic E-state index is 5.99. The van der Waals surface area contributed by atoms with Crippen molar-refractivity contribution in [1.82, 2.24) is 24.5 Å². The van der Waals surface area contributed by atoms with Gasteiger partial charge in [0.05, 0.1) is 12.0 Å². The number of halogens is 1. The smallest absolute Gasteiger partial charge is 0.272 e. The summed E-state index contributed by atoms with van der Waals surface area (Å²) in [5.74, 6) is 1.63. The Hall–Kier alpha value is -2.48. The number of nitrogens with zero attached hydrogens (tertiary/aromatic N) is 6. The SMILES string of the molecule is CC(Oc1ccc(Br)cc1)c1ccnc2nc(N=CN(C)C)nn12. The summed E-state index contributed by atoms with van der Waals surface area (Å²) in [6.07, 6.45) is 3.13. The molecule has 2 aromatic heterocycles. The number of rotatable bonds is 5. The highest BCUT2D eigenvalue weighted by Gasteiger charge is 2.15. The Morgan fingerprint density at radius 1 is 1.25 bits per heavy atom. The first-order valence-electron chi connectivity index (χ1n) is 7.37. The standard InChI is InChI=1S/C16H17BrN6O/c1-11(24-13-6-4-12(17)5-7-13)14-8-9-18-16-20-15(21-23(14)16)19-10-22(2)3/h4-11H,1-3H3. The van der Waals surface area contributed by atoms with Crippen molar-refractivity contribution in [3.05, 3.63) is 46.7 Å². The summed E-state index contributed by atoms with van der Waals surface area (Å²) in [6.45, 7) is 1.96. The van der Waals surface area contributed by atoms with Crippen LogP contribution >= 0.6 is 15.9 Å². The van der Waals surface area contributed by atoms with Crippen LogP contribution in [-0.4, -0.2) is 44.9 Å². The third kappa shape index (κ3) is 3.70. The van der Waals surface area contributed by atoms with Crippen molar-refractivity contribution in [2.75, 3.05) is 14.1 Å². The van der Waals surface area contributed by atoms with Gasteiger partial charge in [0.15, 0.2) is 0 Å². The average molecular weight is 389 g/mol. The predicted octanol–water partition coefficient (Wildman–Crippen LogP) is 3.25. The zero-order valence-electron chi connectivity index (χ0n) is 13.6. The second-order valence-electron chi connectivity index (χ2n) is 5.42. The molecule has 0 saturated heterocycles. The fourth-order valence-electron chi connectivity index (χ4n) is 2.11. The van der Waals surface area contributed by atoms with Gasteiger partial charge in [-0.1, -0.05) is 15.9 Å². The van der Waals surface area contributed by atoms with Gasteiger partial charge in [-0.2, -0.15) is 9.50 Å². The highest BCUT2D eigenvalue weighted by atomic mass is 79.9. The quantitative estimate of drug-likeness (QED) is 0.495. The van der Waals surface area contributed by atoms with Crippen molar-refractivity contribution in [3.63, 3.8) is 0 Å². The molecule has 0 spiro atoms. The third-order valence-corrected chi connectivity index (χ3v) is 3.73. The highest BCUT2D eigenvalue weighted by molar-refractivity contribution is 9.10. The average Bonchev–Trinajstić information content (AvgIpc) is 2.98. The summed E-state index contributed by atoms with van der Waals surface area (Å²) in [6, 6.07) is 9.56. The molecule has 1 atom stereocenters. The van der Waals surface area contributed by atoms with Gasteiger partial charge in [0.25, 0.3) is 11.7 Å². The maximum Gasteiger partial charge on any atom is 0.272 e. The molecule has 0 saturated carbocycles. The van der Waals surface area contributed by atoms with Crippen molar-refractivity contribution in [1.29, 1.82) is 0 Å². The summed E-state index contributed by atoms with van der Waals surface area (Å²) in [5.41, 5.74) is 0.849. The van der Waals surface area contributed by atoms with E-state index in [2.05, 4.69) is 36.0 Å². The normalized spacial score (nSPS) is 12.7. The van der Waals surface area contributed by atoms with Gasteiger partial charge in [0.2, 0.25) is 0 Å². The molecule has 0 fully saturated rings. The first kappa shape index (κ1) is 16.4. The topological polar surface area (TPSA) is 67.9 Å². The largest absolute Gasteiger partial charge is 0.484 e. The first-order chi connectivity index (χ1) is 11.5. The van der Waals surface area contributed by atoms with Gasteiger partial charge < -0.3 is 9.64 Å². The molecule has 24 heavy (non-hydrogen) atoms. The van der Waals surface area contributed by atoms with E-state index in [1.807, 2.05) is 56.3 Å². The third-order valence-electron chi connectivity index (χ3n) is 3.21. The van der Waals surface area contributed by atoms with Crippen LogP contribution in [0.25, 0.3) is 5.78 Å². The van der Waals surface area contributed by atoms with Crippen LogP contribution < -0.4 is 4.74 Å². The maximum absolute atomic E-state index is 5.99. The summed E-state index contributed by atoms with van der Waals surface area (Å²) in [5, 5.41) is 4.39. The number of aliphatic imine (C=N–C) groups is 1. The van der Waals surface area contributed by atoms with Crippen LogP contribution in [0.1, 0.15) is 18.7 Å². The van der Waals surface area contributed by atoms with E-state index in [1.54, 1.807) is 17.1 Å². The van der Waals surface area contributed by atoms with Crippen LogP contribution in [0.15, 0.2) is 46.0 Å². The van der Waals surface area contributed by atoms with E-state index < -0.39 is 0 Å². The van der Waals surface area contributed by atoms with Gasteiger partial charge >= 0.3 is 0 Å². The number of benzene rings is 1. The number of fused-ring (bicyclic) bond motifs is 1. The van der Waals surface area contributed by atoms with Gasteiger partial charge in [-0.05, 0) is 37.3 Å². The van der Waals surface area contributed by atoms with E-state index in [4.69, 9.17) is 4.74 Å². The molecule has 1 unspecified atom stereocenters. The molecule has 3 aromatic rings. The first-order valence-corrected chi connectivity index (χ1v) is 8.17. The molecular weight excluding hydrogens is 372 g/mol. The Morgan fingerprint density at radius 3 is 2.71 bits per heavy atom. The molecule has 8 heteroatoms. The van der Waals surface area contributed by atoms with E-state index in [0.717, 1.165) is 15.9 Å². The van der Waals surface area contributed by atoms with E-state index in [-0.39, 0.29) is 6.10 Å². The van der Waals surface area contributed by atoms with Gasteiger partial charge in [0.1, 0.15) is 11.9 Å². The van der Waals surface area contributed by atoms with Crippen LogP contribution in [0.2, 0.25) is 0 Å². The molecule has 3 rings (SSSR count). The van der Waals surface area contributed by atoms with Crippen LogP contribution in [0.5, 0.6) is 5.75 Å². The Morgan fingerprint density at radius 2 is 2.00 bits per heavy atom. The van der Waals surface area contributed by atoms with Gasteiger partial charge in [-0.25, -0.2) is 9.98 Å². The summed E-state index contributed by atoms with van der Waals surface area (Å²) in [7, 11) is 3.77. The fourth-order valence-corrected chi connectivity index (χ4v) is 2.37. The molecule has 124 valence electrons. The lowest BCUT2D eigenvalue weighted by molar-refractivity contribution is 0.218. The lowest BCUT2D eigenvalue weighted by Crippen LogP contribution is -2.10. The number of hydrogen-bond donors (Lipinski definition) is 0. The Balaban J connectivity index is 1.89. The lowest BCUT2D eigenvalue weighted by Gasteiger charge is -2.15. The van der Waals surface area contributed by atoms with E-state index in [0.29, 0.717) is 11.7 Å². The number of ether oxygens (including phenoxy) is 1. The zero-order chi connectivity index (χ0) is 17.1. The minimum atomic E-state index is -0.218. The molecule has 0 aliphatic heterocycles. The summed E-state index contributed by atoms with van der Waals surface area (Å²) >= 11 is 3.41.